The van der Waals surface area contributed by atoms with Crippen molar-refractivity contribution in [3.05, 3.63) is 54.1 Å². The summed E-state index contributed by atoms with van der Waals surface area (Å²) in [4.78, 5) is 23.8. The Bertz CT molecular complexity index is 924. The van der Waals surface area contributed by atoms with E-state index < -0.39 is 28.5 Å². The van der Waals surface area contributed by atoms with Gasteiger partial charge in [0.2, 0.25) is 10.0 Å². The maximum Gasteiger partial charge on any atom is 0.342 e. The predicted molar refractivity (Wildman–Crippen MR) is 94.3 cm³/mol. The average Bonchev–Trinajstić information content (AvgIpc) is 2.60. The summed E-state index contributed by atoms with van der Waals surface area (Å²) < 4.78 is 30.1. The van der Waals surface area contributed by atoms with Crippen LogP contribution >= 0.6 is 0 Å². The Morgan fingerprint density at radius 1 is 1.12 bits per heavy atom. The third-order valence-electron chi connectivity index (χ3n) is 3.35. The molecule has 2 aromatic rings. The quantitative estimate of drug-likeness (QED) is 0.736. The zero-order valence-corrected chi connectivity index (χ0v) is 15.0. The third-order valence-corrected chi connectivity index (χ3v) is 5.17. The number of para-hydroxylation sites is 1. The Balaban J connectivity index is 2.00. The molecule has 0 spiro atoms. The molecule has 0 saturated carbocycles. The van der Waals surface area contributed by atoms with E-state index in [-0.39, 0.29) is 21.9 Å². The van der Waals surface area contributed by atoms with E-state index in [0.717, 1.165) is 4.31 Å². The normalized spacial score (nSPS) is 11.2. The average molecular weight is 378 g/mol. The van der Waals surface area contributed by atoms with Gasteiger partial charge in [-0.25, -0.2) is 17.5 Å². The fourth-order valence-electron chi connectivity index (χ4n) is 2.00. The van der Waals surface area contributed by atoms with Gasteiger partial charge in [-0.2, -0.15) is 0 Å². The second-order valence-corrected chi connectivity index (χ2v) is 7.61. The van der Waals surface area contributed by atoms with Crippen LogP contribution in [0.15, 0.2) is 53.4 Å². The lowest BCUT2D eigenvalue weighted by molar-refractivity contribution is -0.119. The number of carbonyl (C=O) groups excluding carboxylic acids is 2. The lowest BCUT2D eigenvalue weighted by atomic mass is 10.2. The molecular formula is C17H18N2O6S. The van der Waals surface area contributed by atoms with Crippen LogP contribution in [0, 0.1) is 0 Å². The minimum absolute atomic E-state index is 0.0199. The first kappa shape index (κ1) is 19.4. The van der Waals surface area contributed by atoms with Gasteiger partial charge in [-0.05, 0) is 30.3 Å². The van der Waals surface area contributed by atoms with Crippen LogP contribution in [-0.4, -0.2) is 50.4 Å². The highest BCUT2D eigenvalue weighted by Crippen LogP contribution is 2.18. The lowest BCUT2D eigenvalue weighted by Gasteiger charge is -2.12. The Hall–Kier alpha value is -2.91. The molecule has 0 aliphatic carbocycles. The summed E-state index contributed by atoms with van der Waals surface area (Å²) in [6.07, 6.45) is 0. The van der Waals surface area contributed by atoms with E-state index in [1.807, 2.05) is 0 Å². The third kappa shape index (κ3) is 4.58. The van der Waals surface area contributed by atoms with Crippen LogP contribution in [-0.2, 0) is 19.6 Å². The number of anilines is 1. The molecule has 0 atom stereocenters. The number of benzene rings is 2. The molecule has 0 heterocycles. The Morgan fingerprint density at radius 3 is 2.46 bits per heavy atom. The number of nitrogens with zero attached hydrogens (tertiary/aromatic N) is 1. The molecule has 2 N–H and O–H groups in total. The van der Waals surface area contributed by atoms with Crippen molar-refractivity contribution in [2.75, 3.05) is 26.0 Å². The van der Waals surface area contributed by atoms with Gasteiger partial charge in [0.05, 0.1) is 4.90 Å². The van der Waals surface area contributed by atoms with Crippen LogP contribution in [0.25, 0.3) is 0 Å². The van der Waals surface area contributed by atoms with Gasteiger partial charge < -0.3 is 15.2 Å². The number of aromatic hydroxyl groups is 1. The maximum atomic E-state index is 12.1. The van der Waals surface area contributed by atoms with E-state index in [2.05, 4.69) is 5.32 Å². The van der Waals surface area contributed by atoms with E-state index in [4.69, 9.17) is 4.74 Å². The van der Waals surface area contributed by atoms with Gasteiger partial charge in [0, 0.05) is 19.8 Å². The second kappa shape index (κ2) is 7.98. The molecule has 0 aromatic heterocycles. The van der Waals surface area contributed by atoms with E-state index in [0.29, 0.717) is 0 Å². The van der Waals surface area contributed by atoms with Crippen molar-refractivity contribution in [1.82, 2.24) is 4.31 Å². The van der Waals surface area contributed by atoms with Gasteiger partial charge in [-0.15, -0.1) is 0 Å². The summed E-state index contributed by atoms with van der Waals surface area (Å²) in [5, 5.41) is 12.0. The van der Waals surface area contributed by atoms with E-state index in [1.54, 1.807) is 12.1 Å². The van der Waals surface area contributed by atoms with Crippen LogP contribution < -0.4 is 5.32 Å². The molecule has 0 bridgehead atoms. The molecule has 26 heavy (non-hydrogen) atoms. The van der Waals surface area contributed by atoms with Crippen molar-refractivity contribution in [3.63, 3.8) is 0 Å². The number of esters is 1. The molecule has 0 radical (unpaired) electrons. The molecule has 138 valence electrons. The van der Waals surface area contributed by atoms with E-state index in [9.17, 15) is 23.1 Å². The van der Waals surface area contributed by atoms with Crippen molar-refractivity contribution in [3.8, 4) is 5.75 Å². The fourth-order valence-corrected chi connectivity index (χ4v) is 2.95. The number of rotatable bonds is 6. The zero-order valence-electron chi connectivity index (χ0n) is 14.2. The molecule has 1 amide bonds. The van der Waals surface area contributed by atoms with Crippen molar-refractivity contribution in [1.29, 1.82) is 0 Å². The number of ether oxygens (including phenoxy) is 1. The fraction of sp³-hybridized carbons (Fsp3) is 0.176. The monoisotopic (exact) mass is 378 g/mol. The molecule has 2 aromatic carbocycles. The topological polar surface area (TPSA) is 113 Å². The SMILES string of the molecule is CN(C)S(=O)(=O)c1cccc(NC(=O)COC(=O)c2ccccc2O)c1. The summed E-state index contributed by atoms with van der Waals surface area (Å²) >= 11 is 0. The number of hydrogen-bond acceptors (Lipinski definition) is 6. The summed E-state index contributed by atoms with van der Waals surface area (Å²) in [6, 6.07) is 11.5. The first-order valence-electron chi connectivity index (χ1n) is 7.49. The minimum Gasteiger partial charge on any atom is -0.507 e. The Kier molecular flexibility index (Phi) is 5.96. The van der Waals surface area contributed by atoms with Gasteiger partial charge in [0.1, 0.15) is 11.3 Å². The standard InChI is InChI=1S/C17H18N2O6S/c1-19(2)26(23,24)13-7-5-6-12(10-13)18-16(21)11-25-17(22)14-8-3-4-9-15(14)20/h3-10,20H,11H2,1-2H3,(H,18,21). The smallest absolute Gasteiger partial charge is 0.342 e. The molecule has 0 unspecified atom stereocenters. The lowest BCUT2D eigenvalue weighted by Crippen LogP contribution is -2.23. The number of hydrogen-bond donors (Lipinski definition) is 2. The second-order valence-electron chi connectivity index (χ2n) is 5.46. The van der Waals surface area contributed by atoms with Crippen LogP contribution in [0.2, 0.25) is 0 Å². The predicted octanol–water partition coefficient (Wildman–Crippen LogP) is 1.44. The van der Waals surface area contributed by atoms with Crippen LogP contribution in [0.4, 0.5) is 5.69 Å². The van der Waals surface area contributed by atoms with Gasteiger partial charge in [0.15, 0.2) is 6.61 Å². The molecule has 0 aliphatic rings. The van der Waals surface area contributed by atoms with E-state index >= 15 is 0 Å². The van der Waals surface area contributed by atoms with Crippen molar-refractivity contribution >= 4 is 27.6 Å². The summed E-state index contributed by atoms with van der Waals surface area (Å²) in [6.45, 7) is -0.585. The molecule has 0 saturated heterocycles. The minimum atomic E-state index is -3.63. The molecule has 8 nitrogen and oxygen atoms in total. The van der Waals surface area contributed by atoms with Crippen LogP contribution in [0.3, 0.4) is 0 Å². The van der Waals surface area contributed by atoms with E-state index in [1.165, 1.54) is 50.5 Å². The van der Waals surface area contributed by atoms with Crippen LogP contribution in [0.1, 0.15) is 10.4 Å². The molecule has 9 heteroatoms. The highest BCUT2D eigenvalue weighted by molar-refractivity contribution is 7.89. The zero-order chi connectivity index (χ0) is 19.3. The maximum absolute atomic E-state index is 12.1. The summed E-state index contributed by atoms with van der Waals surface area (Å²) in [7, 11) is -0.829. The molecule has 0 aliphatic heterocycles. The molecule has 2 rings (SSSR count). The van der Waals surface area contributed by atoms with Crippen molar-refractivity contribution in [2.24, 2.45) is 0 Å². The number of nitrogens with one attached hydrogen (secondary N) is 1. The summed E-state index contributed by atoms with van der Waals surface area (Å²) in [5.41, 5.74) is 0.191. The highest BCUT2D eigenvalue weighted by atomic mass is 32.2. The van der Waals surface area contributed by atoms with Crippen molar-refractivity contribution in [2.45, 2.75) is 4.90 Å². The Morgan fingerprint density at radius 2 is 1.81 bits per heavy atom. The van der Waals surface area contributed by atoms with Crippen molar-refractivity contribution < 1.29 is 27.9 Å². The number of phenolic OH excluding ortho intramolecular Hbond substituents is 1. The first-order chi connectivity index (χ1) is 12.2. The Labute approximate surface area is 151 Å². The summed E-state index contributed by atoms with van der Waals surface area (Å²) in [5.74, 6) is -1.74. The van der Waals surface area contributed by atoms with Gasteiger partial charge in [-0.3, -0.25) is 4.79 Å². The largest absolute Gasteiger partial charge is 0.507 e. The number of sulfonamides is 1. The van der Waals surface area contributed by atoms with Gasteiger partial charge in [0.25, 0.3) is 5.91 Å². The first-order valence-corrected chi connectivity index (χ1v) is 8.93. The van der Waals surface area contributed by atoms with Crippen LogP contribution in [0.5, 0.6) is 5.75 Å². The number of amides is 1. The highest BCUT2D eigenvalue weighted by Gasteiger charge is 2.18. The molecular weight excluding hydrogens is 360 g/mol. The number of carbonyl (C=O) groups is 2. The van der Waals surface area contributed by atoms with Gasteiger partial charge in [-0.1, -0.05) is 18.2 Å². The molecule has 0 fully saturated rings. The van der Waals surface area contributed by atoms with Gasteiger partial charge >= 0.3 is 5.97 Å². The number of phenols is 1.